The molecule has 0 saturated heterocycles. The van der Waals surface area contributed by atoms with Gasteiger partial charge in [0.2, 0.25) is 11.8 Å². The molecule has 2 aromatic heterocycles. The minimum absolute atomic E-state index is 0.542. The fourth-order valence-corrected chi connectivity index (χ4v) is 2.28. The maximum atomic E-state index is 5.21. The van der Waals surface area contributed by atoms with Crippen molar-refractivity contribution < 1.29 is 9.47 Å². The molecule has 2 aromatic rings. The average molecular weight is 265 g/mol. The minimum Gasteiger partial charge on any atom is -0.481 e. The van der Waals surface area contributed by atoms with Crippen LogP contribution in [0.5, 0.6) is 11.8 Å². The summed E-state index contributed by atoms with van der Waals surface area (Å²) in [6, 6.07) is 4.13. The maximum absolute atomic E-state index is 5.21. The van der Waals surface area contributed by atoms with Crippen LogP contribution in [0.25, 0.3) is 0 Å². The van der Waals surface area contributed by atoms with Crippen LogP contribution in [0.2, 0.25) is 0 Å². The molecule has 6 heteroatoms. The number of thiophene rings is 1. The number of hydrogen-bond acceptors (Lipinski definition) is 6. The lowest BCUT2D eigenvalue weighted by atomic mass is 10.3. The molecule has 0 aliphatic heterocycles. The molecule has 0 unspecified atom stereocenters. The fraction of sp³-hybridized carbons (Fsp3) is 0.333. The van der Waals surface area contributed by atoms with Gasteiger partial charge in [-0.2, -0.15) is 0 Å². The van der Waals surface area contributed by atoms with Crippen molar-refractivity contribution in [1.29, 1.82) is 0 Å². The molecule has 0 atom stereocenters. The third-order valence-electron chi connectivity index (χ3n) is 2.43. The van der Waals surface area contributed by atoms with Crippen molar-refractivity contribution >= 4 is 11.3 Å². The number of ether oxygens (including phenoxy) is 2. The first-order valence-corrected chi connectivity index (χ1v) is 6.38. The average Bonchev–Trinajstić information content (AvgIpc) is 2.92. The molecule has 0 amide bonds. The molecule has 18 heavy (non-hydrogen) atoms. The molecule has 5 nitrogen and oxygen atoms in total. The second kappa shape index (κ2) is 6.32. The van der Waals surface area contributed by atoms with Gasteiger partial charge < -0.3 is 14.8 Å². The molecule has 1 N–H and O–H groups in total. The highest BCUT2D eigenvalue weighted by Crippen LogP contribution is 2.23. The number of methoxy groups -OCH3 is 2. The van der Waals surface area contributed by atoms with E-state index >= 15 is 0 Å². The molecule has 0 aliphatic rings. The third-order valence-corrected chi connectivity index (χ3v) is 3.31. The zero-order valence-corrected chi connectivity index (χ0v) is 11.2. The normalized spacial score (nSPS) is 10.3. The van der Waals surface area contributed by atoms with E-state index in [1.54, 1.807) is 25.6 Å². The monoisotopic (exact) mass is 265 g/mol. The summed E-state index contributed by atoms with van der Waals surface area (Å²) in [4.78, 5) is 9.42. The second-order valence-corrected chi connectivity index (χ2v) is 4.59. The van der Waals surface area contributed by atoms with Crippen LogP contribution >= 0.6 is 11.3 Å². The Hall–Kier alpha value is -1.66. The lowest BCUT2D eigenvalue weighted by Crippen LogP contribution is -2.14. The van der Waals surface area contributed by atoms with Gasteiger partial charge in [-0.25, -0.2) is 9.97 Å². The van der Waals surface area contributed by atoms with Gasteiger partial charge in [-0.05, 0) is 11.4 Å². The standard InChI is InChI=1S/C12H15N3O2S/c1-16-11-10(12(17-2)15-8-14-11)7-13-6-9-4-3-5-18-9/h3-5,8,13H,6-7H2,1-2H3. The largest absolute Gasteiger partial charge is 0.481 e. The molecular weight excluding hydrogens is 250 g/mol. The van der Waals surface area contributed by atoms with Crippen molar-refractivity contribution in [2.45, 2.75) is 13.1 Å². The van der Waals surface area contributed by atoms with Crippen LogP contribution in [-0.4, -0.2) is 24.2 Å². The van der Waals surface area contributed by atoms with E-state index in [2.05, 4.69) is 26.7 Å². The van der Waals surface area contributed by atoms with Crippen molar-refractivity contribution in [2.75, 3.05) is 14.2 Å². The van der Waals surface area contributed by atoms with Gasteiger partial charge in [0.1, 0.15) is 6.33 Å². The van der Waals surface area contributed by atoms with Crippen molar-refractivity contribution in [3.8, 4) is 11.8 Å². The quantitative estimate of drug-likeness (QED) is 0.863. The molecule has 96 valence electrons. The number of rotatable bonds is 6. The van der Waals surface area contributed by atoms with Gasteiger partial charge in [-0.1, -0.05) is 6.07 Å². The highest BCUT2D eigenvalue weighted by atomic mass is 32.1. The summed E-state index contributed by atoms with van der Waals surface area (Å²) < 4.78 is 10.4. The van der Waals surface area contributed by atoms with Gasteiger partial charge in [0.05, 0.1) is 19.8 Å². The first kappa shape index (κ1) is 12.8. The Kier molecular flexibility index (Phi) is 4.49. The Morgan fingerprint density at radius 2 is 1.89 bits per heavy atom. The van der Waals surface area contributed by atoms with E-state index in [0.29, 0.717) is 18.3 Å². The topological polar surface area (TPSA) is 56.3 Å². The van der Waals surface area contributed by atoms with E-state index in [9.17, 15) is 0 Å². The van der Waals surface area contributed by atoms with E-state index in [1.807, 2.05) is 6.07 Å². The first-order valence-electron chi connectivity index (χ1n) is 5.50. The zero-order valence-electron chi connectivity index (χ0n) is 10.3. The summed E-state index contributed by atoms with van der Waals surface area (Å²) >= 11 is 1.72. The molecular formula is C12H15N3O2S. The van der Waals surface area contributed by atoms with Gasteiger partial charge in [0.15, 0.2) is 0 Å². The second-order valence-electron chi connectivity index (χ2n) is 3.55. The van der Waals surface area contributed by atoms with Crippen LogP contribution in [-0.2, 0) is 13.1 Å². The molecule has 0 aliphatic carbocycles. The smallest absolute Gasteiger partial charge is 0.224 e. The molecule has 2 heterocycles. The highest BCUT2D eigenvalue weighted by molar-refractivity contribution is 7.09. The van der Waals surface area contributed by atoms with Crippen molar-refractivity contribution in [1.82, 2.24) is 15.3 Å². The molecule has 0 saturated carbocycles. The number of nitrogens with zero attached hydrogens (tertiary/aromatic N) is 2. The van der Waals surface area contributed by atoms with Gasteiger partial charge in [0.25, 0.3) is 0 Å². The molecule has 0 spiro atoms. The number of aromatic nitrogens is 2. The first-order chi connectivity index (χ1) is 8.85. The highest BCUT2D eigenvalue weighted by Gasteiger charge is 2.12. The van der Waals surface area contributed by atoms with Gasteiger partial charge >= 0.3 is 0 Å². The van der Waals surface area contributed by atoms with E-state index in [0.717, 1.165) is 12.1 Å². The third kappa shape index (κ3) is 2.96. The molecule has 0 aromatic carbocycles. The SMILES string of the molecule is COc1ncnc(OC)c1CNCc1cccs1. The minimum atomic E-state index is 0.542. The van der Waals surface area contributed by atoms with E-state index in [1.165, 1.54) is 11.2 Å². The molecule has 0 bridgehead atoms. The number of hydrogen-bond donors (Lipinski definition) is 1. The van der Waals surface area contributed by atoms with Crippen LogP contribution in [0, 0.1) is 0 Å². The lowest BCUT2D eigenvalue weighted by molar-refractivity contribution is 0.359. The fourth-order valence-electron chi connectivity index (χ4n) is 1.61. The van der Waals surface area contributed by atoms with Crippen LogP contribution in [0.15, 0.2) is 23.8 Å². The van der Waals surface area contributed by atoms with Crippen LogP contribution in [0.4, 0.5) is 0 Å². The Balaban J connectivity index is 2.03. The van der Waals surface area contributed by atoms with Crippen LogP contribution in [0.3, 0.4) is 0 Å². The van der Waals surface area contributed by atoms with Gasteiger partial charge in [0, 0.05) is 18.0 Å². The zero-order chi connectivity index (χ0) is 12.8. The van der Waals surface area contributed by atoms with E-state index in [4.69, 9.17) is 9.47 Å². The van der Waals surface area contributed by atoms with Crippen molar-refractivity contribution in [3.63, 3.8) is 0 Å². The number of nitrogens with one attached hydrogen (secondary N) is 1. The lowest BCUT2D eigenvalue weighted by Gasteiger charge is -2.11. The maximum Gasteiger partial charge on any atom is 0.224 e. The van der Waals surface area contributed by atoms with E-state index < -0.39 is 0 Å². The van der Waals surface area contributed by atoms with Crippen molar-refractivity contribution in [2.24, 2.45) is 0 Å². The summed E-state index contributed by atoms with van der Waals surface area (Å²) in [7, 11) is 3.18. The molecule has 2 rings (SSSR count). The Bertz CT molecular complexity index is 466. The van der Waals surface area contributed by atoms with Gasteiger partial charge in [-0.3, -0.25) is 0 Å². The Labute approximate surface area is 110 Å². The van der Waals surface area contributed by atoms with Crippen LogP contribution < -0.4 is 14.8 Å². The predicted octanol–water partition coefficient (Wildman–Crippen LogP) is 1.85. The Morgan fingerprint density at radius 3 is 2.44 bits per heavy atom. The summed E-state index contributed by atoms with van der Waals surface area (Å²) in [5, 5.41) is 5.38. The van der Waals surface area contributed by atoms with E-state index in [-0.39, 0.29) is 0 Å². The Morgan fingerprint density at radius 1 is 1.17 bits per heavy atom. The summed E-state index contributed by atoms with van der Waals surface area (Å²) in [5.41, 5.74) is 0.832. The molecule has 0 fully saturated rings. The molecule has 0 radical (unpaired) electrons. The summed E-state index contributed by atoms with van der Waals surface area (Å²) in [6.45, 7) is 1.41. The van der Waals surface area contributed by atoms with Crippen LogP contribution in [0.1, 0.15) is 10.4 Å². The summed E-state index contributed by atoms with van der Waals surface area (Å²) in [6.07, 6.45) is 1.43. The van der Waals surface area contributed by atoms with Gasteiger partial charge in [-0.15, -0.1) is 11.3 Å². The predicted molar refractivity (Wildman–Crippen MR) is 70.0 cm³/mol. The van der Waals surface area contributed by atoms with Crippen molar-refractivity contribution in [3.05, 3.63) is 34.3 Å². The summed E-state index contributed by atoms with van der Waals surface area (Å²) in [5.74, 6) is 1.08.